The minimum Gasteiger partial charge on any atom is -0.489 e. The number of carbonyl (C=O) groups is 1. The SMILES string of the molecule is COC(=O)c1cccc(S(=O)(=O)Nc2ccc(F)cc2OCCO)c1. The molecule has 0 fully saturated rings. The Hall–Kier alpha value is -2.65. The number of halogens is 1. The molecule has 2 rings (SSSR count). The Balaban J connectivity index is 2.34. The number of nitrogens with one attached hydrogen (secondary N) is 1. The molecule has 0 saturated heterocycles. The van der Waals surface area contributed by atoms with Crippen LogP contribution in [0.3, 0.4) is 0 Å². The third-order valence-corrected chi connectivity index (χ3v) is 4.47. The van der Waals surface area contributed by atoms with E-state index in [9.17, 15) is 17.6 Å². The van der Waals surface area contributed by atoms with Gasteiger partial charge < -0.3 is 14.6 Å². The first-order valence-electron chi connectivity index (χ1n) is 7.12. The minimum atomic E-state index is -4.06. The largest absolute Gasteiger partial charge is 0.489 e. The maximum absolute atomic E-state index is 13.3. The fourth-order valence-electron chi connectivity index (χ4n) is 1.97. The average Bonchev–Trinajstić information content (AvgIpc) is 2.61. The van der Waals surface area contributed by atoms with Gasteiger partial charge >= 0.3 is 5.97 Å². The van der Waals surface area contributed by atoms with Crippen molar-refractivity contribution in [3.63, 3.8) is 0 Å². The number of hydrogen-bond donors (Lipinski definition) is 2. The van der Waals surface area contributed by atoms with E-state index in [1.807, 2.05) is 0 Å². The molecule has 2 N–H and O–H groups in total. The second kappa shape index (κ2) is 7.95. The van der Waals surface area contributed by atoms with Crippen LogP contribution < -0.4 is 9.46 Å². The topological polar surface area (TPSA) is 102 Å². The molecule has 134 valence electrons. The van der Waals surface area contributed by atoms with Crippen LogP contribution in [0.2, 0.25) is 0 Å². The van der Waals surface area contributed by atoms with E-state index in [1.165, 1.54) is 31.4 Å². The number of aliphatic hydroxyl groups is 1. The molecule has 0 amide bonds. The minimum absolute atomic E-state index is 0.00155. The van der Waals surface area contributed by atoms with Crippen LogP contribution in [0.5, 0.6) is 5.75 Å². The maximum atomic E-state index is 13.3. The lowest BCUT2D eigenvalue weighted by Crippen LogP contribution is -2.15. The molecule has 0 saturated carbocycles. The van der Waals surface area contributed by atoms with Crippen molar-refractivity contribution in [3.8, 4) is 5.75 Å². The van der Waals surface area contributed by atoms with Crippen molar-refractivity contribution in [2.24, 2.45) is 0 Å². The van der Waals surface area contributed by atoms with Gasteiger partial charge in [0.25, 0.3) is 10.0 Å². The van der Waals surface area contributed by atoms with Crippen LogP contribution in [-0.2, 0) is 14.8 Å². The second-order valence-corrected chi connectivity index (χ2v) is 6.52. The molecule has 0 aliphatic carbocycles. The number of carbonyl (C=O) groups excluding carboxylic acids is 1. The highest BCUT2D eigenvalue weighted by molar-refractivity contribution is 7.92. The first-order valence-corrected chi connectivity index (χ1v) is 8.60. The van der Waals surface area contributed by atoms with E-state index < -0.39 is 21.8 Å². The smallest absolute Gasteiger partial charge is 0.337 e. The van der Waals surface area contributed by atoms with Crippen LogP contribution in [0, 0.1) is 5.82 Å². The zero-order valence-corrected chi connectivity index (χ0v) is 14.0. The molecule has 0 heterocycles. The molecule has 0 unspecified atom stereocenters. The lowest BCUT2D eigenvalue weighted by molar-refractivity contribution is 0.0600. The molecule has 0 aliphatic rings. The Labute approximate surface area is 144 Å². The van der Waals surface area contributed by atoms with Gasteiger partial charge in [0, 0.05) is 6.07 Å². The fourth-order valence-corrected chi connectivity index (χ4v) is 3.08. The van der Waals surface area contributed by atoms with E-state index >= 15 is 0 Å². The highest BCUT2D eigenvalue weighted by atomic mass is 32.2. The standard InChI is InChI=1S/C16H16FNO6S/c1-23-16(20)11-3-2-4-13(9-11)25(21,22)18-14-6-5-12(17)10-15(14)24-8-7-19/h2-6,9-10,18-19H,7-8H2,1H3. The van der Waals surface area contributed by atoms with Gasteiger partial charge in [-0.05, 0) is 30.3 Å². The molecule has 0 aliphatic heterocycles. The van der Waals surface area contributed by atoms with Crippen molar-refractivity contribution >= 4 is 21.7 Å². The van der Waals surface area contributed by atoms with E-state index in [0.717, 1.165) is 18.2 Å². The number of aliphatic hydroxyl groups excluding tert-OH is 1. The van der Waals surface area contributed by atoms with Gasteiger partial charge in [-0.2, -0.15) is 0 Å². The van der Waals surface area contributed by atoms with Gasteiger partial charge in [-0.1, -0.05) is 6.07 Å². The third-order valence-electron chi connectivity index (χ3n) is 3.10. The Morgan fingerprint density at radius 1 is 1.24 bits per heavy atom. The number of esters is 1. The Bertz CT molecular complexity index is 869. The van der Waals surface area contributed by atoms with Crippen molar-refractivity contribution in [1.29, 1.82) is 0 Å². The van der Waals surface area contributed by atoms with Gasteiger partial charge in [-0.25, -0.2) is 17.6 Å². The molecule has 7 nitrogen and oxygen atoms in total. The summed E-state index contributed by atoms with van der Waals surface area (Å²) in [7, 11) is -2.88. The van der Waals surface area contributed by atoms with E-state index in [1.54, 1.807) is 0 Å². The van der Waals surface area contributed by atoms with Crippen molar-refractivity contribution in [2.75, 3.05) is 25.0 Å². The first kappa shape index (κ1) is 18.7. The lowest BCUT2D eigenvalue weighted by Gasteiger charge is -2.13. The molecular formula is C16H16FNO6S. The quantitative estimate of drug-likeness (QED) is 0.722. The highest BCUT2D eigenvalue weighted by Crippen LogP contribution is 2.28. The van der Waals surface area contributed by atoms with Gasteiger partial charge in [-0.15, -0.1) is 0 Å². The molecular weight excluding hydrogens is 353 g/mol. The summed E-state index contributed by atoms with van der Waals surface area (Å²) < 4.78 is 50.3. The fraction of sp³-hybridized carbons (Fsp3) is 0.188. The summed E-state index contributed by atoms with van der Waals surface area (Å²) >= 11 is 0. The van der Waals surface area contributed by atoms with E-state index in [4.69, 9.17) is 9.84 Å². The summed E-state index contributed by atoms with van der Waals surface area (Å²) in [5.74, 6) is -1.36. The molecule has 2 aromatic rings. The normalized spacial score (nSPS) is 11.0. The molecule has 0 atom stereocenters. The predicted octanol–water partition coefficient (Wildman–Crippen LogP) is 1.78. The second-order valence-electron chi connectivity index (χ2n) is 4.84. The number of anilines is 1. The van der Waals surface area contributed by atoms with Gasteiger partial charge in [0.2, 0.25) is 0 Å². The van der Waals surface area contributed by atoms with Gasteiger partial charge in [0.15, 0.2) is 0 Å². The number of sulfonamides is 1. The average molecular weight is 369 g/mol. The van der Waals surface area contributed by atoms with E-state index in [0.29, 0.717) is 0 Å². The Morgan fingerprint density at radius 3 is 2.68 bits per heavy atom. The molecule has 9 heteroatoms. The summed E-state index contributed by atoms with van der Waals surface area (Å²) in [5, 5.41) is 8.80. The van der Waals surface area contributed by atoms with Gasteiger partial charge in [-0.3, -0.25) is 4.72 Å². The summed E-state index contributed by atoms with van der Waals surface area (Å²) in [6, 6.07) is 8.53. The molecule has 0 radical (unpaired) electrons. The summed E-state index contributed by atoms with van der Waals surface area (Å²) in [4.78, 5) is 11.4. The Kier molecular flexibility index (Phi) is 5.94. The van der Waals surface area contributed by atoms with Crippen LogP contribution in [0.15, 0.2) is 47.4 Å². The van der Waals surface area contributed by atoms with Gasteiger partial charge in [0.1, 0.15) is 18.2 Å². The van der Waals surface area contributed by atoms with Gasteiger partial charge in [0.05, 0.1) is 29.9 Å². The predicted molar refractivity (Wildman–Crippen MR) is 87.6 cm³/mol. The number of hydrogen-bond acceptors (Lipinski definition) is 6. The van der Waals surface area contributed by atoms with E-state index in [-0.39, 0.29) is 35.1 Å². The number of benzene rings is 2. The summed E-state index contributed by atoms with van der Waals surface area (Å²) in [6.45, 7) is -0.445. The maximum Gasteiger partial charge on any atom is 0.337 e. The van der Waals surface area contributed by atoms with Crippen molar-refractivity contribution in [3.05, 3.63) is 53.8 Å². The number of ether oxygens (including phenoxy) is 2. The monoisotopic (exact) mass is 369 g/mol. The first-order chi connectivity index (χ1) is 11.9. The number of methoxy groups -OCH3 is 1. The van der Waals surface area contributed by atoms with Crippen LogP contribution in [0.25, 0.3) is 0 Å². The molecule has 0 aromatic heterocycles. The zero-order chi connectivity index (χ0) is 18.4. The van der Waals surface area contributed by atoms with E-state index in [2.05, 4.69) is 9.46 Å². The van der Waals surface area contributed by atoms with Crippen LogP contribution in [0.4, 0.5) is 10.1 Å². The third kappa shape index (κ3) is 4.68. The number of rotatable bonds is 7. The zero-order valence-electron chi connectivity index (χ0n) is 13.2. The molecule has 2 aromatic carbocycles. The summed E-state index contributed by atoms with van der Waals surface area (Å²) in [5.41, 5.74) is 0.0690. The van der Waals surface area contributed by atoms with Crippen molar-refractivity contribution in [2.45, 2.75) is 4.90 Å². The van der Waals surface area contributed by atoms with Crippen molar-refractivity contribution in [1.82, 2.24) is 0 Å². The molecule has 0 bridgehead atoms. The lowest BCUT2D eigenvalue weighted by atomic mass is 10.2. The molecule has 0 spiro atoms. The van der Waals surface area contributed by atoms with Crippen LogP contribution in [0.1, 0.15) is 10.4 Å². The van der Waals surface area contributed by atoms with Crippen LogP contribution >= 0.6 is 0 Å². The summed E-state index contributed by atoms with van der Waals surface area (Å²) in [6.07, 6.45) is 0. The molecule has 25 heavy (non-hydrogen) atoms. The van der Waals surface area contributed by atoms with Crippen molar-refractivity contribution < 1.29 is 32.2 Å². The highest BCUT2D eigenvalue weighted by Gasteiger charge is 2.19. The Morgan fingerprint density at radius 2 is 2.00 bits per heavy atom. The van der Waals surface area contributed by atoms with Crippen LogP contribution in [-0.4, -0.2) is 39.8 Å².